The monoisotopic (exact) mass is 275 g/mol. The summed E-state index contributed by atoms with van der Waals surface area (Å²) in [5.74, 6) is -0.796. The van der Waals surface area contributed by atoms with Gasteiger partial charge in [0.15, 0.2) is 5.82 Å². The highest BCUT2D eigenvalue weighted by Crippen LogP contribution is 2.13. The molecule has 1 aromatic rings. The number of nitrogens with zero attached hydrogens (tertiary/aromatic N) is 1. The van der Waals surface area contributed by atoms with E-state index in [0.717, 1.165) is 6.07 Å². The fourth-order valence-electron chi connectivity index (χ4n) is 1.53. The van der Waals surface area contributed by atoms with Crippen LogP contribution in [0.5, 0.6) is 0 Å². The Hall–Kier alpha value is -1.05. The van der Waals surface area contributed by atoms with Crippen LogP contribution in [0.3, 0.4) is 0 Å². The molecule has 0 aliphatic heterocycles. The maximum Gasteiger partial charge on any atom is 0.261 e. The molecule has 1 aromatic heterocycles. The van der Waals surface area contributed by atoms with Crippen molar-refractivity contribution in [3.8, 4) is 0 Å². The van der Waals surface area contributed by atoms with Gasteiger partial charge in [-0.15, -0.1) is 0 Å². The number of hydrogen-bond acceptors (Lipinski definition) is 4. The van der Waals surface area contributed by atoms with Gasteiger partial charge in [-0.3, -0.25) is 0 Å². The zero-order valence-corrected chi connectivity index (χ0v) is 11.2. The molecule has 0 aliphatic rings. The molecule has 102 valence electrons. The van der Waals surface area contributed by atoms with E-state index in [1.165, 1.54) is 12.3 Å². The molecule has 0 saturated carbocycles. The molecule has 18 heavy (non-hydrogen) atoms. The Morgan fingerprint density at radius 3 is 2.67 bits per heavy atom. The summed E-state index contributed by atoms with van der Waals surface area (Å²) in [4.78, 5) is 3.57. The van der Waals surface area contributed by atoms with Crippen LogP contribution in [0, 0.1) is 11.7 Å². The van der Waals surface area contributed by atoms with Gasteiger partial charge in [-0.1, -0.05) is 13.8 Å². The predicted molar refractivity (Wildman–Crippen MR) is 66.8 cm³/mol. The maximum atomic E-state index is 13.4. The number of pyridine rings is 1. The van der Waals surface area contributed by atoms with Crippen LogP contribution in [0.2, 0.25) is 0 Å². The normalized spacial score (nSPS) is 13.8. The molecule has 1 atom stereocenters. The molecule has 7 heteroatoms. The van der Waals surface area contributed by atoms with Gasteiger partial charge in [-0.2, -0.15) is 0 Å². The molecule has 0 aliphatic carbocycles. The number of hydrogen-bond donors (Lipinski definition) is 2. The van der Waals surface area contributed by atoms with Crippen molar-refractivity contribution >= 4 is 10.0 Å². The van der Waals surface area contributed by atoms with Crippen LogP contribution >= 0.6 is 0 Å². The summed E-state index contributed by atoms with van der Waals surface area (Å²) >= 11 is 0. The standard InChI is InChI=1S/C11H18FN3O2S/c1-8(2)10(5-6-13)15-18(16,17)11-9(12)4-3-7-14-11/h3-4,7-8,10,15H,5-6,13H2,1-2H3. The fourth-order valence-corrected chi connectivity index (χ4v) is 2.96. The summed E-state index contributed by atoms with van der Waals surface area (Å²) < 4.78 is 39.8. The summed E-state index contributed by atoms with van der Waals surface area (Å²) in [5.41, 5.74) is 5.43. The van der Waals surface area contributed by atoms with E-state index in [1.807, 2.05) is 13.8 Å². The lowest BCUT2D eigenvalue weighted by atomic mass is 10.0. The van der Waals surface area contributed by atoms with Gasteiger partial charge in [0.2, 0.25) is 5.03 Å². The van der Waals surface area contributed by atoms with Crippen molar-refractivity contribution in [2.45, 2.75) is 31.3 Å². The highest BCUT2D eigenvalue weighted by Gasteiger charge is 2.25. The number of nitrogens with one attached hydrogen (secondary N) is 1. The van der Waals surface area contributed by atoms with Crippen molar-refractivity contribution in [2.24, 2.45) is 11.7 Å². The molecule has 5 nitrogen and oxygen atoms in total. The van der Waals surface area contributed by atoms with E-state index in [2.05, 4.69) is 9.71 Å². The van der Waals surface area contributed by atoms with Gasteiger partial charge in [-0.05, 0) is 31.0 Å². The van der Waals surface area contributed by atoms with E-state index in [9.17, 15) is 12.8 Å². The highest BCUT2D eigenvalue weighted by molar-refractivity contribution is 7.89. The van der Waals surface area contributed by atoms with E-state index in [1.54, 1.807) is 0 Å². The van der Waals surface area contributed by atoms with Gasteiger partial charge < -0.3 is 5.73 Å². The second kappa shape index (κ2) is 6.21. The second-order valence-electron chi connectivity index (χ2n) is 4.34. The SMILES string of the molecule is CC(C)C(CCN)NS(=O)(=O)c1ncccc1F. The summed E-state index contributed by atoms with van der Waals surface area (Å²) in [5, 5.41) is -0.576. The van der Waals surface area contributed by atoms with Gasteiger partial charge >= 0.3 is 0 Å². The van der Waals surface area contributed by atoms with Crippen molar-refractivity contribution < 1.29 is 12.8 Å². The Kier molecular flexibility index (Phi) is 5.18. The minimum absolute atomic E-state index is 0.0649. The van der Waals surface area contributed by atoms with Crippen LogP contribution in [0.25, 0.3) is 0 Å². The molecule has 0 radical (unpaired) electrons. The van der Waals surface area contributed by atoms with Crippen molar-refractivity contribution in [3.63, 3.8) is 0 Å². The minimum Gasteiger partial charge on any atom is -0.330 e. The summed E-state index contributed by atoms with van der Waals surface area (Å²) in [7, 11) is -3.95. The molecule has 0 fully saturated rings. The number of nitrogens with two attached hydrogens (primary N) is 1. The van der Waals surface area contributed by atoms with Crippen molar-refractivity contribution in [1.82, 2.24) is 9.71 Å². The van der Waals surface area contributed by atoms with Crippen LogP contribution in [0.15, 0.2) is 23.4 Å². The van der Waals surface area contributed by atoms with E-state index in [0.29, 0.717) is 13.0 Å². The van der Waals surface area contributed by atoms with Crippen LogP contribution < -0.4 is 10.5 Å². The number of sulfonamides is 1. The lowest BCUT2D eigenvalue weighted by Crippen LogP contribution is -2.40. The molecule has 0 amide bonds. The topological polar surface area (TPSA) is 85.1 Å². The first kappa shape index (κ1) is 15.0. The average molecular weight is 275 g/mol. The summed E-state index contributed by atoms with van der Waals surface area (Å²) in [6.45, 7) is 4.10. The first-order valence-electron chi connectivity index (χ1n) is 5.71. The zero-order chi connectivity index (χ0) is 13.8. The molecule has 0 bridgehead atoms. The molecule has 1 unspecified atom stereocenters. The molecule has 1 rings (SSSR count). The molecule has 0 saturated heterocycles. The molecular formula is C11H18FN3O2S. The number of halogens is 1. The van der Waals surface area contributed by atoms with Crippen molar-refractivity contribution in [2.75, 3.05) is 6.54 Å². The predicted octanol–water partition coefficient (Wildman–Crippen LogP) is 0.872. The van der Waals surface area contributed by atoms with Crippen LogP contribution in [-0.2, 0) is 10.0 Å². The Labute approximate surface area is 107 Å². The molecular weight excluding hydrogens is 257 g/mol. The van der Waals surface area contributed by atoms with Gasteiger partial charge in [-0.25, -0.2) is 22.5 Å². The van der Waals surface area contributed by atoms with Crippen molar-refractivity contribution in [1.29, 1.82) is 0 Å². The third-order valence-electron chi connectivity index (χ3n) is 2.57. The van der Waals surface area contributed by atoms with E-state index >= 15 is 0 Å². The Balaban J connectivity index is 2.97. The zero-order valence-electron chi connectivity index (χ0n) is 10.4. The van der Waals surface area contributed by atoms with Crippen LogP contribution in [-0.4, -0.2) is 26.0 Å². The highest BCUT2D eigenvalue weighted by atomic mass is 32.2. The summed E-state index contributed by atoms with van der Waals surface area (Å²) in [6, 6.07) is 2.07. The van der Waals surface area contributed by atoms with Crippen LogP contribution in [0.1, 0.15) is 20.3 Å². The summed E-state index contributed by atoms with van der Waals surface area (Å²) in [6.07, 6.45) is 1.73. The third-order valence-corrected chi connectivity index (χ3v) is 3.99. The number of rotatable bonds is 6. The molecule has 0 aromatic carbocycles. The number of aromatic nitrogens is 1. The van der Waals surface area contributed by atoms with Gasteiger partial charge in [0.05, 0.1) is 0 Å². The van der Waals surface area contributed by atoms with Crippen LogP contribution in [0.4, 0.5) is 4.39 Å². The molecule has 1 heterocycles. The maximum absolute atomic E-state index is 13.4. The van der Waals surface area contributed by atoms with Gasteiger partial charge in [0.1, 0.15) is 0 Å². The first-order valence-corrected chi connectivity index (χ1v) is 7.19. The molecule has 0 spiro atoms. The Morgan fingerprint density at radius 2 is 2.17 bits per heavy atom. The lowest BCUT2D eigenvalue weighted by Gasteiger charge is -2.21. The lowest BCUT2D eigenvalue weighted by molar-refractivity contribution is 0.426. The second-order valence-corrected chi connectivity index (χ2v) is 5.97. The Bertz CT molecular complexity index is 491. The van der Waals surface area contributed by atoms with E-state index in [4.69, 9.17) is 5.73 Å². The largest absolute Gasteiger partial charge is 0.330 e. The quantitative estimate of drug-likeness (QED) is 0.807. The minimum atomic E-state index is -3.95. The van der Waals surface area contributed by atoms with E-state index in [-0.39, 0.29) is 12.0 Å². The fraction of sp³-hybridized carbons (Fsp3) is 0.545. The van der Waals surface area contributed by atoms with Gasteiger partial charge in [0, 0.05) is 12.2 Å². The van der Waals surface area contributed by atoms with Crippen molar-refractivity contribution in [3.05, 3.63) is 24.1 Å². The van der Waals surface area contributed by atoms with Gasteiger partial charge in [0.25, 0.3) is 10.0 Å². The Morgan fingerprint density at radius 1 is 1.50 bits per heavy atom. The third kappa shape index (κ3) is 3.72. The van der Waals surface area contributed by atoms with E-state index < -0.39 is 20.9 Å². The first-order chi connectivity index (χ1) is 8.38. The smallest absolute Gasteiger partial charge is 0.261 e. The molecule has 3 N–H and O–H groups in total. The average Bonchev–Trinajstić information content (AvgIpc) is 2.28.